The molecule has 142 valence electrons. The summed E-state index contributed by atoms with van der Waals surface area (Å²) >= 11 is 1.65. The molecule has 0 atom stereocenters. The van der Waals surface area contributed by atoms with Gasteiger partial charge in [-0.1, -0.05) is 48.5 Å². The number of carbonyl (C=O) groups excluding carboxylic acids is 1. The quantitative estimate of drug-likeness (QED) is 0.486. The van der Waals surface area contributed by atoms with E-state index in [9.17, 15) is 4.79 Å². The van der Waals surface area contributed by atoms with Gasteiger partial charge in [-0.25, -0.2) is 4.98 Å². The highest BCUT2D eigenvalue weighted by Gasteiger charge is 2.14. The van der Waals surface area contributed by atoms with Crippen molar-refractivity contribution in [1.82, 2.24) is 14.8 Å². The summed E-state index contributed by atoms with van der Waals surface area (Å²) < 4.78 is 1.16. The Morgan fingerprint density at radius 2 is 1.68 bits per heavy atom. The molecular weight excluding hydrogens is 366 g/mol. The fourth-order valence-corrected chi connectivity index (χ4v) is 4.36. The molecule has 0 N–H and O–H groups in total. The molecular formula is C23H23N3OS. The Hall–Kier alpha value is -2.76. The van der Waals surface area contributed by atoms with Crippen LogP contribution >= 0.6 is 11.3 Å². The summed E-state index contributed by atoms with van der Waals surface area (Å²) in [4.78, 5) is 21.1. The van der Waals surface area contributed by atoms with Crippen LogP contribution in [0.15, 0.2) is 66.7 Å². The Labute approximate surface area is 169 Å². The molecule has 28 heavy (non-hydrogen) atoms. The van der Waals surface area contributed by atoms with E-state index in [0.29, 0.717) is 13.1 Å². The summed E-state index contributed by atoms with van der Waals surface area (Å²) in [5, 5.41) is 3.43. The highest BCUT2D eigenvalue weighted by molar-refractivity contribution is 7.18. The Morgan fingerprint density at radius 1 is 0.929 bits per heavy atom. The van der Waals surface area contributed by atoms with E-state index < -0.39 is 0 Å². The fourth-order valence-electron chi connectivity index (χ4n) is 3.33. The number of thiazole rings is 1. The fraction of sp³-hybridized carbons (Fsp3) is 0.217. The van der Waals surface area contributed by atoms with Crippen LogP contribution < -0.4 is 0 Å². The molecule has 4 aromatic rings. The molecule has 1 aromatic heterocycles. The highest BCUT2D eigenvalue weighted by atomic mass is 32.1. The second kappa shape index (κ2) is 8.09. The highest BCUT2D eigenvalue weighted by Crippen LogP contribution is 2.22. The van der Waals surface area contributed by atoms with Gasteiger partial charge in [0, 0.05) is 13.6 Å². The third-order valence-corrected chi connectivity index (χ3v) is 5.83. The molecule has 4 nitrogen and oxygen atoms in total. The Kier molecular flexibility index (Phi) is 5.37. The molecule has 3 aromatic carbocycles. The van der Waals surface area contributed by atoms with Crippen LogP contribution in [0, 0.1) is 0 Å². The predicted molar refractivity (Wildman–Crippen MR) is 116 cm³/mol. The van der Waals surface area contributed by atoms with E-state index in [0.717, 1.165) is 21.8 Å². The molecule has 0 aliphatic carbocycles. The third-order valence-electron chi connectivity index (χ3n) is 4.81. The smallest absolute Gasteiger partial charge is 0.236 e. The molecule has 0 unspecified atom stereocenters. The SMILES string of the molecule is CN(CC(=O)N(C)Cc1nc2ccccc2s1)Cc1ccc2ccccc2c1. The molecule has 1 amide bonds. The Morgan fingerprint density at radius 3 is 2.50 bits per heavy atom. The van der Waals surface area contributed by atoms with Crippen LogP contribution in [0.5, 0.6) is 0 Å². The monoisotopic (exact) mass is 389 g/mol. The number of hydrogen-bond acceptors (Lipinski definition) is 4. The molecule has 0 saturated heterocycles. The number of amides is 1. The number of carbonyl (C=O) groups is 1. The van der Waals surface area contributed by atoms with E-state index in [1.54, 1.807) is 16.2 Å². The van der Waals surface area contributed by atoms with E-state index in [1.807, 2.05) is 38.4 Å². The van der Waals surface area contributed by atoms with E-state index in [2.05, 4.69) is 52.3 Å². The van der Waals surface area contributed by atoms with Crippen LogP contribution in [0.1, 0.15) is 10.6 Å². The first-order chi connectivity index (χ1) is 13.6. The van der Waals surface area contributed by atoms with Gasteiger partial charge in [-0.2, -0.15) is 0 Å². The van der Waals surface area contributed by atoms with Crippen molar-refractivity contribution in [3.63, 3.8) is 0 Å². The van der Waals surface area contributed by atoms with Crippen molar-refractivity contribution >= 4 is 38.2 Å². The second-order valence-corrected chi connectivity index (χ2v) is 8.29. The summed E-state index contributed by atoms with van der Waals surface area (Å²) in [6.45, 7) is 1.67. The van der Waals surface area contributed by atoms with E-state index >= 15 is 0 Å². The zero-order valence-electron chi connectivity index (χ0n) is 16.1. The zero-order chi connectivity index (χ0) is 19.5. The van der Waals surface area contributed by atoms with Gasteiger partial charge < -0.3 is 4.90 Å². The molecule has 0 radical (unpaired) electrons. The standard InChI is InChI=1S/C23H23N3OS/c1-25(14-17-11-12-18-7-3-4-8-19(18)13-17)16-23(27)26(2)15-22-24-20-9-5-6-10-21(20)28-22/h3-13H,14-16H2,1-2H3. The van der Waals surface area contributed by atoms with Gasteiger partial charge in [0.15, 0.2) is 0 Å². The molecule has 0 bridgehead atoms. The van der Waals surface area contributed by atoms with Gasteiger partial charge in [0.1, 0.15) is 5.01 Å². The molecule has 0 spiro atoms. The van der Waals surface area contributed by atoms with Crippen molar-refractivity contribution < 1.29 is 4.79 Å². The summed E-state index contributed by atoms with van der Waals surface area (Å²) in [5.41, 5.74) is 2.21. The lowest BCUT2D eigenvalue weighted by atomic mass is 10.1. The first kappa shape index (κ1) is 18.6. The minimum atomic E-state index is 0.0996. The van der Waals surface area contributed by atoms with Gasteiger partial charge >= 0.3 is 0 Å². The Bertz CT molecular complexity index is 1090. The number of rotatable bonds is 6. The van der Waals surface area contributed by atoms with Crippen LogP contribution in [-0.2, 0) is 17.9 Å². The van der Waals surface area contributed by atoms with Crippen LogP contribution in [0.3, 0.4) is 0 Å². The molecule has 0 saturated carbocycles. The van der Waals surface area contributed by atoms with Crippen molar-refractivity contribution in [1.29, 1.82) is 0 Å². The number of aromatic nitrogens is 1. The average Bonchev–Trinajstić information content (AvgIpc) is 3.10. The summed E-state index contributed by atoms with van der Waals surface area (Å²) in [6, 6.07) is 22.9. The maximum absolute atomic E-state index is 12.6. The maximum atomic E-state index is 12.6. The van der Waals surface area contributed by atoms with Crippen LogP contribution in [0.25, 0.3) is 21.0 Å². The minimum Gasteiger partial charge on any atom is -0.338 e. The van der Waals surface area contributed by atoms with Crippen molar-refractivity contribution in [2.45, 2.75) is 13.1 Å². The molecule has 5 heteroatoms. The van der Waals surface area contributed by atoms with Gasteiger partial charge in [0.25, 0.3) is 0 Å². The predicted octanol–water partition coefficient (Wildman–Crippen LogP) is 4.54. The molecule has 0 aliphatic rings. The molecule has 4 rings (SSSR count). The number of likely N-dealkylation sites (N-methyl/N-ethyl adjacent to an activating group) is 2. The van der Waals surface area contributed by atoms with Crippen molar-refractivity contribution in [2.75, 3.05) is 20.6 Å². The summed E-state index contributed by atoms with van der Waals surface area (Å²) in [6.07, 6.45) is 0. The minimum absolute atomic E-state index is 0.0996. The lowest BCUT2D eigenvalue weighted by Gasteiger charge is -2.21. The summed E-state index contributed by atoms with van der Waals surface area (Å²) in [7, 11) is 3.83. The van der Waals surface area contributed by atoms with Gasteiger partial charge in [-0.15, -0.1) is 11.3 Å². The third kappa shape index (κ3) is 4.21. The molecule has 0 fully saturated rings. The zero-order valence-corrected chi connectivity index (χ0v) is 16.9. The largest absolute Gasteiger partial charge is 0.338 e. The molecule has 1 heterocycles. The first-order valence-electron chi connectivity index (χ1n) is 9.33. The topological polar surface area (TPSA) is 36.4 Å². The maximum Gasteiger partial charge on any atom is 0.236 e. The Balaban J connectivity index is 1.36. The van der Waals surface area contributed by atoms with Crippen molar-refractivity contribution in [2.24, 2.45) is 0 Å². The van der Waals surface area contributed by atoms with Crippen molar-refractivity contribution in [3.05, 3.63) is 77.3 Å². The number of benzene rings is 3. The van der Waals surface area contributed by atoms with Gasteiger partial charge in [-0.05, 0) is 41.6 Å². The van der Waals surface area contributed by atoms with Gasteiger partial charge in [0.05, 0.1) is 23.3 Å². The lowest BCUT2D eigenvalue weighted by molar-refractivity contribution is -0.131. The number of fused-ring (bicyclic) bond motifs is 2. The number of para-hydroxylation sites is 1. The first-order valence-corrected chi connectivity index (χ1v) is 10.1. The van der Waals surface area contributed by atoms with E-state index in [-0.39, 0.29) is 5.91 Å². The number of hydrogen-bond donors (Lipinski definition) is 0. The van der Waals surface area contributed by atoms with Crippen LogP contribution in [-0.4, -0.2) is 41.3 Å². The van der Waals surface area contributed by atoms with Gasteiger partial charge in [0.2, 0.25) is 5.91 Å². The average molecular weight is 390 g/mol. The second-order valence-electron chi connectivity index (χ2n) is 7.18. The van der Waals surface area contributed by atoms with Crippen LogP contribution in [0.4, 0.5) is 0 Å². The van der Waals surface area contributed by atoms with E-state index in [4.69, 9.17) is 0 Å². The van der Waals surface area contributed by atoms with E-state index in [1.165, 1.54) is 16.3 Å². The number of nitrogens with zero attached hydrogens (tertiary/aromatic N) is 3. The normalized spacial score (nSPS) is 11.4. The van der Waals surface area contributed by atoms with Gasteiger partial charge in [-0.3, -0.25) is 9.69 Å². The molecule has 0 aliphatic heterocycles. The summed E-state index contributed by atoms with van der Waals surface area (Å²) in [5.74, 6) is 0.0996. The van der Waals surface area contributed by atoms with Crippen molar-refractivity contribution in [3.8, 4) is 0 Å². The lowest BCUT2D eigenvalue weighted by Crippen LogP contribution is -2.36. The van der Waals surface area contributed by atoms with Crippen LogP contribution in [0.2, 0.25) is 0 Å².